The zero-order valence-electron chi connectivity index (χ0n) is 19.9. The molecule has 1 aliphatic rings. The highest BCUT2D eigenvalue weighted by Crippen LogP contribution is 2.28. The highest BCUT2D eigenvalue weighted by molar-refractivity contribution is 5.96. The van der Waals surface area contributed by atoms with Crippen LogP contribution in [-0.4, -0.2) is 58.3 Å². The first-order valence-corrected chi connectivity index (χ1v) is 11.7. The van der Waals surface area contributed by atoms with E-state index in [1.165, 1.54) is 16.8 Å². The summed E-state index contributed by atoms with van der Waals surface area (Å²) in [6, 6.07) is 9.96. The number of likely N-dealkylation sites (N-methyl/N-ethyl adjacent to an activating group) is 1. The highest BCUT2D eigenvalue weighted by atomic mass is 19.1. The summed E-state index contributed by atoms with van der Waals surface area (Å²) >= 11 is 0. The van der Waals surface area contributed by atoms with Crippen LogP contribution in [0.5, 0.6) is 0 Å². The van der Waals surface area contributed by atoms with Crippen LogP contribution >= 0.6 is 0 Å². The lowest BCUT2D eigenvalue weighted by molar-refractivity contribution is -0.154. The monoisotopic (exact) mass is 487 g/mol. The van der Waals surface area contributed by atoms with Gasteiger partial charge in [-0.15, -0.1) is 0 Å². The van der Waals surface area contributed by atoms with E-state index in [4.69, 9.17) is 0 Å². The molecule has 0 spiro atoms. The SMILES string of the molecule is C[C@@H](C(=O)N(C)CC(=O)Nc1ccccc1)N(C(=O)C(O)c1cc(F)cc(F)c1)C1CCCCC1. The quantitative estimate of drug-likeness (QED) is 0.595. The minimum absolute atomic E-state index is 0.219. The molecule has 0 aromatic heterocycles. The van der Waals surface area contributed by atoms with E-state index in [2.05, 4.69) is 5.32 Å². The molecule has 3 amide bonds. The van der Waals surface area contributed by atoms with E-state index in [1.807, 2.05) is 6.07 Å². The summed E-state index contributed by atoms with van der Waals surface area (Å²) in [6.45, 7) is 1.31. The molecule has 1 aliphatic carbocycles. The first-order chi connectivity index (χ1) is 16.7. The number of nitrogens with zero attached hydrogens (tertiary/aromatic N) is 2. The lowest BCUT2D eigenvalue weighted by atomic mass is 9.92. The second-order valence-electron chi connectivity index (χ2n) is 8.93. The zero-order valence-corrected chi connectivity index (χ0v) is 19.9. The molecule has 188 valence electrons. The molecule has 2 aromatic rings. The fourth-order valence-corrected chi connectivity index (χ4v) is 4.52. The number of rotatable bonds is 8. The second-order valence-corrected chi connectivity index (χ2v) is 8.93. The molecular weight excluding hydrogens is 456 g/mol. The average Bonchev–Trinajstić information content (AvgIpc) is 2.83. The fraction of sp³-hybridized carbons (Fsp3) is 0.423. The van der Waals surface area contributed by atoms with Crippen LogP contribution in [-0.2, 0) is 14.4 Å². The van der Waals surface area contributed by atoms with E-state index < -0.39 is 41.5 Å². The van der Waals surface area contributed by atoms with E-state index in [9.17, 15) is 28.3 Å². The van der Waals surface area contributed by atoms with Gasteiger partial charge in [-0.1, -0.05) is 37.5 Å². The predicted molar refractivity (Wildman–Crippen MR) is 127 cm³/mol. The van der Waals surface area contributed by atoms with Crippen LogP contribution in [0, 0.1) is 11.6 Å². The summed E-state index contributed by atoms with van der Waals surface area (Å²) in [5.74, 6) is -3.51. The molecule has 9 heteroatoms. The maximum atomic E-state index is 13.7. The van der Waals surface area contributed by atoms with E-state index in [1.54, 1.807) is 31.2 Å². The Morgan fingerprint density at radius 2 is 1.60 bits per heavy atom. The number of aliphatic hydroxyl groups excluding tert-OH is 1. The van der Waals surface area contributed by atoms with E-state index >= 15 is 0 Å². The molecule has 35 heavy (non-hydrogen) atoms. The Balaban J connectivity index is 1.76. The highest BCUT2D eigenvalue weighted by Gasteiger charge is 2.37. The fourth-order valence-electron chi connectivity index (χ4n) is 4.52. The van der Waals surface area contributed by atoms with Crippen molar-refractivity contribution in [3.8, 4) is 0 Å². The van der Waals surface area contributed by atoms with Crippen molar-refractivity contribution in [1.29, 1.82) is 0 Å². The Bertz CT molecular complexity index is 1020. The lowest BCUT2D eigenvalue weighted by Gasteiger charge is -2.40. The van der Waals surface area contributed by atoms with Gasteiger partial charge in [0.25, 0.3) is 5.91 Å². The van der Waals surface area contributed by atoms with Gasteiger partial charge in [-0.05, 0) is 49.6 Å². The molecule has 2 atom stereocenters. The Kier molecular flexibility index (Phi) is 8.92. The van der Waals surface area contributed by atoms with Gasteiger partial charge < -0.3 is 20.2 Å². The van der Waals surface area contributed by atoms with E-state index in [0.717, 1.165) is 31.4 Å². The topological polar surface area (TPSA) is 90.0 Å². The maximum absolute atomic E-state index is 13.7. The predicted octanol–water partition coefficient (Wildman–Crippen LogP) is 3.65. The van der Waals surface area contributed by atoms with Crippen LogP contribution in [0.1, 0.15) is 50.7 Å². The maximum Gasteiger partial charge on any atom is 0.256 e. The van der Waals surface area contributed by atoms with E-state index in [0.29, 0.717) is 24.6 Å². The summed E-state index contributed by atoms with van der Waals surface area (Å²) in [4.78, 5) is 41.6. The molecule has 0 heterocycles. The number of hydrogen-bond acceptors (Lipinski definition) is 4. The van der Waals surface area contributed by atoms with Crippen LogP contribution < -0.4 is 5.32 Å². The molecule has 7 nitrogen and oxygen atoms in total. The molecule has 0 bridgehead atoms. The molecule has 3 rings (SSSR count). The molecule has 1 fully saturated rings. The van der Waals surface area contributed by atoms with Crippen molar-refractivity contribution in [3.05, 3.63) is 65.7 Å². The van der Waals surface area contributed by atoms with Crippen LogP contribution in [0.2, 0.25) is 0 Å². The first-order valence-electron chi connectivity index (χ1n) is 11.7. The minimum Gasteiger partial charge on any atom is -0.378 e. The Hall–Kier alpha value is -3.33. The number of benzene rings is 2. The van der Waals surface area contributed by atoms with Gasteiger partial charge in [0.15, 0.2) is 6.10 Å². The number of carbonyl (C=O) groups excluding carboxylic acids is 3. The third-order valence-corrected chi connectivity index (χ3v) is 6.25. The van der Waals surface area contributed by atoms with Crippen molar-refractivity contribution in [2.45, 2.75) is 57.2 Å². The molecule has 0 radical (unpaired) electrons. The molecule has 0 aliphatic heterocycles. The summed E-state index contributed by atoms with van der Waals surface area (Å²) in [5.41, 5.74) is 0.374. The van der Waals surface area contributed by atoms with Crippen molar-refractivity contribution in [2.75, 3.05) is 18.9 Å². The Morgan fingerprint density at radius 1 is 1.00 bits per heavy atom. The molecule has 2 N–H and O–H groups in total. The standard InChI is InChI=1S/C26H31F2N3O4/c1-17(25(34)30(2)16-23(32)29-21-9-5-3-6-10-21)31(22-11-7-4-8-12-22)26(35)24(33)18-13-19(27)15-20(28)14-18/h3,5-6,9-10,13-15,17,22,24,33H,4,7-8,11-12,16H2,1-2H3,(H,29,32)/t17-,24?/m0/s1. The Morgan fingerprint density at radius 3 is 2.20 bits per heavy atom. The van der Waals surface area contributed by atoms with Crippen molar-refractivity contribution in [1.82, 2.24) is 9.80 Å². The molecule has 1 saturated carbocycles. The van der Waals surface area contributed by atoms with Crippen LogP contribution in [0.15, 0.2) is 48.5 Å². The molecule has 1 unspecified atom stereocenters. The third-order valence-electron chi connectivity index (χ3n) is 6.25. The number of aliphatic hydroxyl groups is 1. The van der Waals surface area contributed by atoms with Gasteiger partial charge in [0.1, 0.15) is 17.7 Å². The third kappa shape index (κ3) is 6.85. The van der Waals surface area contributed by atoms with Gasteiger partial charge in [0, 0.05) is 24.8 Å². The number of amides is 3. The van der Waals surface area contributed by atoms with Gasteiger partial charge in [-0.3, -0.25) is 14.4 Å². The minimum atomic E-state index is -1.83. The number of carbonyl (C=O) groups is 3. The first kappa shape index (κ1) is 26.3. The lowest BCUT2D eigenvalue weighted by Crippen LogP contribution is -2.55. The van der Waals surface area contributed by atoms with Crippen molar-refractivity contribution >= 4 is 23.4 Å². The molecule has 0 saturated heterocycles. The number of hydrogen-bond donors (Lipinski definition) is 2. The number of anilines is 1. The number of para-hydroxylation sites is 1. The van der Waals surface area contributed by atoms with Crippen molar-refractivity contribution in [3.63, 3.8) is 0 Å². The van der Waals surface area contributed by atoms with Gasteiger partial charge >= 0.3 is 0 Å². The molecule has 2 aromatic carbocycles. The van der Waals surface area contributed by atoms with Crippen LogP contribution in [0.25, 0.3) is 0 Å². The molecular formula is C26H31F2N3O4. The van der Waals surface area contributed by atoms with Gasteiger partial charge in [0.05, 0.1) is 6.54 Å². The summed E-state index contributed by atoms with van der Waals surface area (Å²) < 4.78 is 27.4. The summed E-state index contributed by atoms with van der Waals surface area (Å²) in [6.07, 6.45) is 2.17. The van der Waals surface area contributed by atoms with Gasteiger partial charge in [0.2, 0.25) is 11.8 Å². The average molecular weight is 488 g/mol. The van der Waals surface area contributed by atoms with E-state index in [-0.39, 0.29) is 18.2 Å². The number of halogens is 2. The second kappa shape index (κ2) is 11.9. The normalized spacial score (nSPS) is 15.7. The number of nitrogens with one attached hydrogen (secondary N) is 1. The smallest absolute Gasteiger partial charge is 0.256 e. The Labute approximate surface area is 203 Å². The van der Waals surface area contributed by atoms with Gasteiger partial charge in [-0.25, -0.2) is 8.78 Å². The van der Waals surface area contributed by atoms with Crippen LogP contribution in [0.4, 0.5) is 14.5 Å². The van der Waals surface area contributed by atoms with Crippen LogP contribution in [0.3, 0.4) is 0 Å². The van der Waals surface area contributed by atoms with Crippen molar-refractivity contribution < 1.29 is 28.3 Å². The largest absolute Gasteiger partial charge is 0.378 e. The zero-order chi connectivity index (χ0) is 25.5. The summed E-state index contributed by atoms with van der Waals surface area (Å²) in [5, 5.41) is 13.4. The van der Waals surface area contributed by atoms with Gasteiger partial charge in [-0.2, -0.15) is 0 Å². The summed E-state index contributed by atoms with van der Waals surface area (Å²) in [7, 11) is 1.46. The van der Waals surface area contributed by atoms with Crippen molar-refractivity contribution in [2.24, 2.45) is 0 Å².